The number of aliphatic hydroxyl groups is 2. The van der Waals surface area contributed by atoms with E-state index in [1.807, 2.05) is 0 Å². The number of benzene rings is 1. The van der Waals surface area contributed by atoms with Crippen LogP contribution in [0.5, 0.6) is 0 Å². The quantitative estimate of drug-likeness (QED) is 0.592. The van der Waals surface area contributed by atoms with Crippen molar-refractivity contribution in [2.75, 3.05) is 0 Å². The van der Waals surface area contributed by atoms with E-state index in [0.717, 1.165) is 0 Å². The van der Waals surface area contributed by atoms with Gasteiger partial charge < -0.3 is 19.7 Å². The van der Waals surface area contributed by atoms with E-state index in [9.17, 15) is 20.3 Å². The molecule has 0 saturated carbocycles. The zero-order valence-electron chi connectivity index (χ0n) is 11.0. The fourth-order valence-electron chi connectivity index (χ4n) is 2.83. The van der Waals surface area contributed by atoms with E-state index in [4.69, 9.17) is 9.47 Å². The van der Waals surface area contributed by atoms with Crippen LogP contribution in [0.1, 0.15) is 37.2 Å². The first-order valence-corrected chi connectivity index (χ1v) is 6.30. The van der Waals surface area contributed by atoms with Gasteiger partial charge in [-0.3, -0.25) is 10.1 Å². The van der Waals surface area contributed by atoms with Crippen LogP contribution in [0.15, 0.2) is 18.2 Å². The summed E-state index contributed by atoms with van der Waals surface area (Å²) in [4.78, 5) is 10.4. The van der Waals surface area contributed by atoms with Crippen molar-refractivity contribution in [3.05, 3.63) is 39.4 Å². The van der Waals surface area contributed by atoms with Gasteiger partial charge in [0.1, 0.15) is 24.4 Å². The third-order valence-corrected chi connectivity index (χ3v) is 3.70. The van der Waals surface area contributed by atoms with Crippen LogP contribution in [0.4, 0.5) is 5.69 Å². The Morgan fingerprint density at radius 2 is 1.95 bits per heavy atom. The third-order valence-electron chi connectivity index (χ3n) is 3.70. The molecule has 1 aromatic carbocycles. The number of nitro groups is 1. The summed E-state index contributed by atoms with van der Waals surface area (Å²) in [7, 11) is 0. The maximum absolute atomic E-state index is 10.9. The molecule has 1 aliphatic heterocycles. The van der Waals surface area contributed by atoms with Crippen molar-refractivity contribution >= 4 is 5.69 Å². The van der Waals surface area contributed by atoms with Crippen LogP contribution in [0.3, 0.4) is 0 Å². The maximum Gasteiger partial charge on any atom is 0.269 e. The van der Waals surface area contributed by atoms with E-state index < -0.39 is 35.1 Å². The average Bonchev–Trinajstić information content (AvgIpc) is 2.71. The van der Waals surface area contributed by atoms with E-state index in [1.165, 1.54) is 18.2 Å². The number of fused-ring (bicyclic) bond motifs is 3. The van der Waals surface area contributed by atoms with Gasteiger partial charge in [-0.25, -0.2) is 0 Å². The first-order valence-electron chi connectivity index (χ1n) is 6.30. The lowest BCUT2D eigenvalue weighted by Crippen LogP contribution is -2.40. The highest BCUT2D eigenvalue weighted by molar-refractivity contribution is 5.45. The molecule has 4 atom stereocenters. The molecule has 0 bridgehead atoms. The summed E-state index contributed by atoms with van der Waals surface area (Å²) in [5.41, 5.74) is 0.845. The second kappa shape index (κ2) is 4.23. The van der Waals surface area contributed by atoms with E-state index in [1.54, 1.807) is 13.8 Å². The second-order valence-corrected chi connectivity index (χ2v) is 5.53. The molecule has 1 fully saturated rings. The molecule has 108 valence electrons. The standard InChI is InChI=1S/C13H15NO6/c1-13(2)19-11-8-5-6(14(17)18)3-4-7(8)9(15)10(16)12(11)20-13/h3-5,9-12,15-16H,1-2H3/t9-,10-,11-,12+/m1/s1. The number of ether oxygens (including phenoxy) is 2. The number of aliphatic hydroxyl groups excluding tert-OH is 2. The van der Waals surface area contributed by atoms with Gasteiger partial charge in [0.2, 0.25) is 0 Å². The predicted molar refractivity (Wildman–Crippen MR) is 66.8 cm³/mol. The van der Waals surface area contributed by atoms with E-state index in [0.29, 0.717) is 11.1 Å². The van der Waals surface area contributed by atoms with Crippen molar-refractivity contribution in [1.82, 2.24) is 0 Å². The Morgan fingerprint density at radius 3 is 2.60 bits per heavy atom. The number of nitrogens with zero attached hydrogens (tertiary/aromatic N) is 1. The van der Waals surface area contributed by atoms with Gasteiger partial charge in [0.05, 0.1) is 4.92 Å². The van der Waals surface area contributed by atoms with Crippen molar-refractivity contribution < 1.29 is 24.6 Å². The molecular weight excluding hydrogens is 266 g/mol. The summed E-state index contributed by atoms with van der Waals surface area (Å²) in [6.07, 6.45) is -3.65. The van der Waals surface area contributed by atoms with Gasteiger partial charge in [-0.15, -0.1) is 0 Å². The highest BCUT2D eigenvalue weighted by atomic mass is 16.8. The molecule has 0 radical (unpaired) electrons. The number of nitro benzene ring substituents is 1. The van der Waals surface area contributed by atoms with E-state index >= 15 is 0 Å². The third kappa shape index (κ3) is 1.90. The second-order valence-electron chi connectivity index (χ2n) is 5.53. The summed E-state index contributed by atoms with van der Waals surface area (Å²) < 4.78 is 11.3. The zero-order valence-corrected chi connectivity index (χ0v) is 11.0. The highest BCUT2D eigenvalue weighted by Gasteiger charge is 2.52. The monoisotopic (exact) mass is 281 g/mol. The Labute approximate surface area is 114 Å². The molecule has 1 heterocycles. The summed E-state index contributed by atoms with van der Waals surface area (Å²) in [6, 6.07) is 4.12. The number of hydrogen-bond acceptors (Lipinski definition) is 6. The lowest BCUT2D eigenvalue weighted by molar-refractivity contribution is -0.385. The van der Waals surface area contributed by atoms with E-state index in [-0.39, 0.29) is 5.69 Å². The van der Waals surface area contributed by atoms with Gasteiger partial charge in [-0.1, -0.05) is 0 Å². The molecule has 2 aliphatic rings. The first kappa shape index (κ1) is 13.4. The topological polar surface area (TPSA) is 102 Å². The van der Waals surface area contributed by atoms with Gasteiger partial charge in [-0.05, 0) is 31.0 Å². The molecule has 1 aromatic rings. The van der Waals surface area contributed by atoms with Crippen LogP contribution in [0.25, 0.3) is 0 Å². The molecule has 0 amide bonds. The van der Waals surface area contributed by atoms with Gasteiger partial charge >= 0.3 is 0 Å². The number of non-ortho nitro benzene ring substituents is 1. The largest absolute Gasteiger partial charge is 0.387 e. The summed E-state index contributed by atoms with van der Waals surface area (Å²) in [5.74, 6) is -0.914. The lowest BCUT2D eigenvalue weighted by atomic mass is 9.83. The van der Waals surface area contributed by atoms with Gasteiger partial charge in [0, 0.05) is 12.1 Å². The normalized spacial score (nSPS) is 34.4. The average molecular weight is 281 g/mol. The minimum atomic E-state index is -1.15. The van der Waals surface area contributed by atoms with Gasteiger partial charge in [-0.2, -0.15) is 0 Å². The van der Waals surface area contributed by atoms with E-state index in [2.05, 4.69) is 0 Å². The van der Waals surface area contributed by atoms with Crippen LogP contribution >= 0.6 is 0 Å². The minimum Gasteiger partial charge on any atom is -0.387 e. The molecule has 7 nitrogen and oxygen atoms in total. The Bertz CT molecular complexity index is 572. The van der Waals surface area contributed by atoms with Crippen molar-refractivity contribution in [3.8, 4) is 0 Å². The molecule has 7 heteroatoms. The lowest BCUT2D eigenvalue weighted by Gasteiger charge is -2.33. The zero-order chi connectivity index (χ0) is 14.7. The Hall–Kier alpha value is -1.54. The molecule has 2 N–H and O–H groups in total. The van der Waals surface area contributed by atoms with Crippen molar-refractivity contribution in [2.24, 2.45) is 0 Å². The maximum atomic E-state index is 10.9. The number of rotatable bonds is 1. The predicted octanol–water partition coefficient (Wildman–Crippen LogP) is 1.20. The molecule has 3 rings (SSSR count). The highest BCUT2D eigenvalue weighted by Crippen LogP contribution is 2.48. The number of hydrogen-bond donors (Lipinski definition) is 2. The fourth-order valence-corrected chi connectivity index (χ4v) is 2.83. The smallest absolute Gasteiger partial charge is 0.269 e. The molecule has 20 heavy (non-hydrogen) atoms. The minimum absolute atomic E-state index is 0.0839. The van der Waals surface area contributed by atoms with Crippen LogP contribution < -0.4 is 0 Å². The van der Waals surface area contributed by atoms with Crippen LogP contribution in [-0.2, 0) is 9.47 Å². The molecule has 1 saturated heterocycles. The van der Waals surface area contributed by atoms with Crippen molar-refractivity contribution in [3.63, 3.8) is 0 Å². The molecule has 1 aliphatic carbocycles. The Kier molecular flexibility index (Phi) is 2.84. The molecule has 0 unspecified atom stereocenters. The Morgan fingerprint density at radius 1 is 1.25 bits per heavy atom. The SMILES string of the molecule is CC1(C)O[C@H]2[C@H](O)[C@H](O)c3ccc([N+](=O)[O-])cc3[C@H]2O1. The van der Waals surface area contributed by atoms with Crippen LogP contribution in [0, 0.1) is 10.1 Å². The Balaban J connectivity index is 2.11. The van der Waals surface area contributed by atoms with Gasteiger partial charge in [0.25, 0.3) is 5.69 Å². The molecular formula is C13H15NO6. The molecule has 0 spiro atoms. The summed E-state index contributed by atoms with van der Waals surface area (Å²) in [5, 5.41) is 31.1. The fraction of sp³-hybridized carbons (Fsp3) is 0.538. The van der Waals surface area contributed by atoms with Gasteiger partial charge in [0.15, 0.2) is 5.79 Å². The van der Waals surface area contributed by atoms with Crippen molar-refractivity contribution in [1.29, 1.82) is 0 Å². The first-order chi connectivity index (χ1) is 9.30. The summed E-state index contributed by atoms with van der Waals surface area (Å²) >= 11 is 0. The van der Waals surface area contributed by atoms with Crippen LogP contribution in [0.2, 0.25) is 0 Å². The van der Waals surface area contributed by atoms with Crippen LogP contribution in [-0.4, -0.2) is 33.1 Å². The summed E-state index contributed by atoms with van der Waals surface area (Å²) in [6.45, 7) is 3.39. The molecule has 0 aromatic heterocycles. The van der Waals surface area contributed by atoms with Crippen molar-refractivity contribution in [2.45, 2.75) is 44.1 Å².